The zero-order valence-corrected chi connectivity index (χ0v) is 22.2. The second-order valence-electron chi connectivity index (χ2n) is 13.5. The van der Waals surface area contributed by atoms with Gasteiger partial charge in [0, 0.05) is 5.92 Å². The molecule has 35 heavy (non-hydrogen) atoms. The molecule has 5 aliphatic rings. The monoisotopic (exact) mass is 487 g/mol. The van der Waals surface area contributed by atoms with Crippen LogP contribution in [-0.2, 0) is 19.1 Å². The van der Waals surface area contributed by atoms with E-state index in [4.69, 9.17) is 4.74 Å². The summed E-state index contributed by atoms with van der Waals surface area (Å²) in [4.78, 5) is 38.5. The van der Waals surface area contributed by atoms with E-state index >= 15 is 0 Å². The fourth-order valence-electron chi connectivity index (χ4n) is 9.95. The lowest BCUT2D eigenvalue weighted by atomic mass is 9.44. The number of likely N-dealkylation sites (tertiary alicyclic amines) is 1. The summed E-state index contributed by atoms with van der Waals surface area (Å²) >= 11 is 0. The lowest BCUT2D eigenvalue weighted by Gasteiger charge is -2.62. The van der Waals surface area contributed by atoms with Gasteiger partial charge in [-0.2, -0.15) is 0 Å². The summed E-state index contributed by atoms with van der Waals surface area (Å²) < 4.78 is 6.11. The summed E-state index contributed by atoms with van der Waals surface area (Å²) in [6.45, 7) is 9.55. The molecule has 0 aromatic heterocycles. The van der Waals surface area contributed by atoms with Gasteiger partial charge in [0.15, 0.2) is 0 Å². The first-order chi connectivity index (χ1) is 16.5. The summed E-state index contributed by atoms with van der Waals surface area (Å²) in [6, 6.07) is -0.560. The number of ether oxygens (including phenoxy) is 1. The summed E-state index contributed by atoms with van der Waals surface area (Å²) in [6.07, 6.45) is 11.4. The van der Waals surface area contributed by atoms with Gasteiger partial charge < -0.3 is 9.84 Å². The number of Topliss-reactive ketones (excluding diaryl/α,β-unsaturated/α-hetero) is 1. The number of carboxylic acid groups (broad SMARTS) is 1. The van der Waals surface area contributed by atoms with E-state index in [1.54, 1.807) is 11.8 Å². The smallest absolute Gasteiger partial charge is 0.320 e. The minimum atomic E-state index is -0.841. The zero-order chi connectivity index (χ0) is 25.2. The molecule has 6 heteroatoms. The Morgan fingerprint density at radius 3 is 2.37 bits per heavy atom. The minimum absolute atomic E-state index is 0.0801. The number of esters is 1. The first-order valence-electron chi connectivity index (χ1n) is 14.2. The molecule has 196 valence electrons. The SMILES string of the molecule is CC(=O)[C@H]1CCC2[C@@H]3CC[C@H]4C[C@](C)(OC(=O)CN5CCC[C@H]5C(=O)O)CC[C@]4(C)[C@H]3CC[C@@]21C. The number of fused-ring (bicyclic) bond motifs is 5. The Morgan fingerprint density at radius 1 is 0.914 bits per heavy atom. The molecule has 0 amide bonds. The van der Waals surface area contributed by atoms with Gasteiger partial charge in [0.05, 0.1) is 6.54 Å². The van der Waals surface area contributed by atoms with Crippen LogP contribution in [0, 0.1) is 40.4 Å². The Hall–Kier alpha value is -1.43. The number of carbonyl (C=O) groups excluding carboxylic acids is 2. The van der Waals surface area contributed by atoms with Crippen molar-refractivity contribution >= 4 is 17.7 Å². The minimum Gasteiger partial charge on any atom is -0.480 e. The fraction of sp³-hybridized carbons (Fsp3) is 0.897. The van der Waals surface area contributed by atoms with Crippen LogP contribution in [0.15, 0.2) is 0 Å². The first kappa shape index (κ1) is 25.2. The highest BCUT2D eigenvalue weighted by Crippen LogP contribution is 2.68. The van der Waals surface area contributed by atoms with E-state index in [1.165, 1.54) is 32.1 Å². The largest absolute Gasteiger partial charge is 0.480 e. The van der Waals surface area contributed by atoms with Gasteiger partial charge in [-0.25, -0.2) is 0 Å². The van der Waals surface area contributed by atoms with Gasteiger partial charge in [0.1, 0.15) is 17.4 Å². The van der Waals surface area contributed by atoms with Gasteiger partial charge in [-0.15, -0.1) is 0 Å². The molecule has 1 heterocycles. The van der Waals surface area contributed by atoms with E-state index in [1.807, 2.05) is 0 Å². The van der Waals surface area contributed by atoms with E-state index in [2.05, 4.69) is 20.8 Å². The molecule has 5 rings (SSSR count). The van der Waals surface area contributed by atoms with Crippen LogP contribution in [0.4, 0.5) is 0 Å². The van der Waals surface area contributed by atoms with Crippen LogP contribution in [0.25, 0.3) is 0 Å². The first-order valence-corrected chi connectivity index (χ1v) is 14.2. The topological polar surface area (TPSA) is 83.9 Å². The van der Waals surface area contributed by atoms with Crippen LogP contribution in [0.1, 0.15) is 98.3 Å². The summed E-state index contributed by atoms with van der Waals surface area (Å²) in [5.41, 5.74) is 0.0227. The molecule has 0 radical (unpaired) electrons. The quantitative estimate of drug-likeness (QED) is 0.544. The maximum atomic E-state index is 12.9. The Kier molecular flexibility index (Phi) is 6.38. The van der Waals surface area contributed by atoms with E-state index in [0.29, 0.717) is 36.5 Å². The summed E-state index contributed by atoms with van der Waals surface area (Å²) in [5.74, 6) is 2.22. The Morgan fingerprint density at radius 2 is 1.66 bits per heavy atom. The van der Waals surface area contributed by atoms with Gasteiger partial charge in [0.2, 0.25) is 0 Å². The molecule has 9 atom stereocenters. The van der Waals surface area contributed by atoms with Crippen LogP contribution >= 0.6 is 0 Å². The summed E-state index contributed by atoms with van der Waals surface area (Å²) in [5, 5.41) is 9.43. The standard InChI is InChI=1S/C29H45NO5/c1-18(31)21-9-10-22-20-8-7-19-16-27(2,13-14-28(19,3)23(20)11-12-29(21,22)4)35-25(32)17-30-15-5-6-24(30)26(33)34/h19-24H,5-17H2,1-4H3,(H,33,34)/t19-,20-,21+,22?,23-,24-,27+,28-,29+/m0/s1. The van der Waals surface area contributed by atoms with Crippen molar-refractivity contribution in [2.75, 3.05) is 13.1 Å². The van der Waals surface area contributed by atoms with Crippen molar-refractivity contribution in [1.82, 2.24) is 4.90 Å². The van der Waals surface area contributed by atoms with Gasteiger partial charge in [-0.3, -0.25) is 19.3 Å². The molecule has 1 N–H and O–H groups in total. The second-order valence-corrected chi connectivity index (χ2v) is 13.5. The third-order valence-corrected chi connectivity index (χ3v) is 11.8. The number of hydrogen-bond donors (Lipinski definition) is 1. The summed E-state index contributed by atoms with van der Waals surface area (Å²) in [7, 11) is 0. The second kappa shape index (κ2) is 8.85. The van der Waals surface area contributed by atoms with Crippen LogP contribution in [0.2, 0.25) is 0 Å². The maximum Gasteiger partial charge on any atom is 0.320 e. The van der Waals surface area contributed by atoms with E-state index < -0.39 is 17.6 Å². The number of carboxylic acids is 1. The Balaban J connectivity index is 1.24. The lowest BCUT2D eigenvalue weighted by Crippen LogP contribution is -2.56. The van der Waals surface area contributed by atoms with Crippen molar-refractivity contribution in [3.63, 3.8) is 0 Å². The molecule has 4 saturated carbocycles. The molecule has 1 saturated heterocycles. The molecular formula is C29H45NO5. The normalized spacial score (nSPS) is 47.4. The predicted molar refractivity (Wildman–Crippen MR) is 133 cm³/mol. The van der Waals surface area contributed by atoms with Gasteiger partial charge in [0.25, 0.3) is 0 Å². The molecule has 5 fully saturated rings. The molecule has 6 nitrogen and oxygen atoms in total. The van der Waals surface area contributed by atoms with Crippen molar-refractivity contribution in [2.45, 2.75) is 110 Å². The number of nitrogens with zero attached hydrogens (tertiary/aromatic N) is 1. The van der Waals surface area contributed by atoms with Crippen molar-refractivity contribution in [1.29, 1.82) is 0 Å². The lowest BCUT2D eigenvalue weighted by molar-refractivity contribution is -0.182. The molecular weight excluding hydrogens is 442 g/mol. The number of ketones is 1. The van der Waals surface area contributed by atoms with Crippen LogP contribution in [-0.4, -0.2) is 52.5 Å². The molecule has 0 aromatic rings. The third kappa shape index (κ3) is 4.16. The van der Waals surface area contributed by atoms with Crippen LogP contribution in [0.3, 0.4) is 0 Å². The van der Waals surface area contributed by atoms with Crippen molar-refractivity contribution in [3.8, 4) is 0 Å². The molecule has 1 unspecified atom stereocenters. The van der Waals surface area contributed by atoms with E-state index in [0.717, 1.165) is 38.0 Å². The number of carbonyl (C=O) groups is 3. The Labute approximate surface area is 210 Å². The van der Waals surface area contributed by atoms with Crippen LogP contribution < -0.4 is 0 Å². The molecule has 1 aliphatic heterocycles. The average Bonchev–Trinajstić information content (AvgIpc) is 3.38. The van der Waals surface area contributed by atoms with Gasteiger partial charge in [-0.1, -0.05) is 13.8 Å². The highest BCUT2D eigenvalue weighted by atomic mass is 16.6. The number of rotatable bonds is 5. The maximum absolute atomic E-state index is 12.9. The highest BCUT2D eigenvalue weighted by Gasteiger charge is 2.61. The number of aliphatic carboxylic acids is 1. The predicted octanol–water partition coefficient (Wildman–Crippen LogP) is 5.09. The zero-order valence-electron chi connectivity index (χ0n) is 22.2. The van der Waals surface area contributed by atoms with Gasteiger partial charge in [-0.05, 0) is 126 Å². The van der Waals surface area contributed by atoms with Crippen LogP contribution in [0.5, 0.6) is 0 Å². The highest BCUT2D eigenvalue weighted by molar-refractivity contribution is 5.79. The molecule has 0 aromatic carbocycles. The average molecular weight is 488 g/mol. The van der Waals surface area contributed by atoms with Gasteiger partial charge >= 0.3 is 11.9 Å². The fourth-order valence-corrected chi connectivity index (χ4v) is 9.95. The van der Waals surface area contributed by atoms with Crippen molar-refractivity contribution in [3.05, 3.63) is 0 Å². The Bertz CT molecular complexity index is 888. The van der Waals surface area contributed by atoms with E-state index in [9.17, 15) is 19.5 Å². The van der Waals surface area contributed by atoms with Crippen molar-refractivity contribution in [2.24, 2.45) is 40.4 Å². The molecule has 4 aliphatic carbocycles. The molecule has 0 spiro atoms. The van der Waals surface area contributed by atoms with E-state index in [-0.39, 0.29) is 29.3 Å². The molecule has 0 bridgehead atoms. The number of hydrogen-bond acceptors (Lipinski definition) is 5. The third-order valence-electron chi connectivity index (χ3n) is 11.8. The van der Waals surface area contributed by atoms with Crippen molar-refractivity contribution < 1.29 is 24.2 Å².